The van der Waals surface area contributed by atoms with Crippen LogP contribution in [0.25, 0.3) is 5.57 Å². The van der Waals surface area contributed by atoms with Crippen molar-refractivity contribution in [1.29, 1.82) is 5.26 Å². The Kier molecular flexibility index (Phi) is 5.06. The Balaban J connectivity index is 2.05. The topological polar surface area (TPSA) is 67.6 Å². The molecule has 4 rings (SSSR count). The van der Waals surface area contributed by atoms with Crippen molar-refractivity contribution < 1.29 is 9.90 Å². The molecule has 138 valence electrons. The number of allylic oxidation sites excluding steroid dienone is 1. The zero-order valence-electron chi connectivity index (χ0n) is 15.6. The first-order chi connectivity index (χ1) is 12.4. The molecule has 0 aliphatic carbocycles. The van der Waals surface area contributed by atoms with Crippen LogP contribution in [0, 0.1) is 17.2 Å². The van der Waals surface area contributed by atoms with Crippen LogP contribution in [0.1, 0.15) is 44.2 Å². The number of carbonyl (C=O) groups is 1. The van der Waals surface area contributed by atoms with Gasteiger partial charge >= 0.3 is 6.09 Å². The van der Waals surface area contributed by atoms with Crippen LogP contribution in [0.4, 0.5) is 4.79 Å². The smallest absolute Gasteiger partial charge is 0.408 e. The lowest BCUT2D eigenvalue weighted by Gasteiger charge is -2.53. The molecule has 3 aliphatic heterocycles. The summed E-state index contributed by atoms with van der Waals surface area (Å²) in [6.07, 6.45) is 1.25. The summed E-state index contributed by atoms with van der Waals surface area (Å²) in [5, 5.41) is 19.6. The number of fused-ring (bicyclic) bond motifs is 3. The first kappa shape index (κ1) is 18.5. The summed E-state index contributed by atoms with van der Waals surface area (Å²) in [5.41, 5.74) is 1.88. The molecular formula is C21H27N3O2. The number of rotatable bonds is 5. The van der Waals surface area contributed by atoms with E-state index in [2.05, 4.69) is 17.5 Å². The summed E-state index contributed by atoms with van der Waals surface area (Å²) in [5.74, 6) is 0.374. The normalized spacial score (nSPS) is 26.6. The second kappa shape index (κ2) is 7.13. The summed E-state index contributed by atoms with van der Waals surface area (Å²) in [7, 11) is 0. The number of hydrogen-bond donors (Lipinski definition) is 1. The first-order valence-corrected chi connectivity index (χ1v) is 9.25. The van der Waals surface area contributed by atoms with Crippen molar-refractivity contribution in [3.63, 3.8) is 0 Å². The van der Waals surface area contributed by atoms with Gasteiger partial charge in [0.1, 0.15) is 0 Å². The number of nitrogens with zero attached hydrogens (tertiary/aromatic N) is 3. The van der Waals surface area contributed by atoms with Gasteiger partial charge in [-0.05, 0) is 62.9 Å². The molecule has 1 aromatic rings. The molecule has 0 spiro atoms. The molecule has 3 saturated heterocycles. The maximum atomic E-state index is 12.4. The van der Waals surface area contributed by atoms with Gasteiger partial charge in [-0.3, -0.25) is 4.90 Å². The number of carboxylic acid groups (broad SMARTS) is 1. The van der Waals surface area contributed by atoms with Crippen LogP contribution in [0.3, 0.4) is 0 Å². The van der Waals surface area contributed by atoms with Crippen LogP contribution in [0.5, 0.6) is 0 Å². The van der Waals surface area contributed by atoms with Gasteiger partial charge < -0.3 is 10.0 Å². The van der Waals surface area contributed by atoms with Gasteiger partial charge in [-0.15, -0.1) is 0 Å². The summed E-state index contributed by atoms with van der Waals surface area (Å²) < 4.78 is 0. The Morgan fingerprint density at radius 2 is 2.15 bits per heavy atom. The summed E-state index contributed by atoms with van der Waals surface area (Å²) in [4.78, 5) is 16.3. The van der Waals surface area contributed by atoms with E-state index in [1.807, 2.05) is 38.1 Å². The van der Waals surface area contributed by atoms with E-state index in [0.717, 1.165) is 49.2 Å². The largest absolute Gasteiger partial charge is 0.465 e. The molecule has 2 bridgehead atoms. The van der Waals surface area contributed by atoms with E-state index in [0.29, 0.717) is 5.92 Å². The van der Waals surface area contributed by atoms with Gasteiger partial charge in [0.25, 0.3) is 0 Å². The Hall–Kier alpha value is -2.32. The zero-order chi connectivity index (χ0) is 18.9. The number of hydrogen-bond acceptors (Lipinski definition) is 3. The number of nitriles is 1. The van der Waals surface area contributed by atoms with E-state index in [9.17, 15) is 15.2 Å². The lowest BCUT2D eigenvalue weighted by Crippen LogP contribution is -2.63. The second-order valence-electron chi connectivity index (χ2n) is 7.83. The maximum Gasteiger partial charge on any atom is 0.408 e. The van der Waals surface area contributed by atoms with E-state index in [4.69, 9.17) is 0 Å². The highest BCUT2D eigenvalue weighted by Gasteiger charge is 2.47. The molecule has 3 fully saturated rings. The summed E-state index contributed by atoms with van der Waals surface area (Å²) in [6, 6.07) is 9.97. The molecular weight excluding hydrogens is 326 g/mol. The zero-order valence-corrected chi connectivity index (χ0v) is 15.6. The van der Waals surface area contributed by atoms with Gasteiger partial charge in [-0.2, -0.15) is 5.26 Å². The third kappa shape index (κ3) is 3.22. The van der Waals surface area contributed by atoms with Crippen LogP contribution in [-0.4, -0.2) is 46.7 Å². The molecule has 2 atom stereocenters. The fourth-order valence-corrected chi connectivity index (χ4v) is 4.55. The Morgan fingerprint density at radius 3 is 2.65 bits per heavy atom. The van der Waals surface area contributed by atoms with Crippen LogP contribution in [-0.2, 0) is 5.54 Å². The van der Waals surface area contributed by atoms with Gasteiger partial charge in [0.2, 0.25) is 0 Å². The van der Waals surface area contributed by atoms with Crippen molar-refractivity contribution in [1.82, 2.24) is 9.80 Å². The minimum atomic E-state index is -0.942. The quantitative estimate of drug-likeness (QED) is 0.871. The van der Waals surface area contributed by atoms with Crippen LogP contribution in [0.2, 0.25) is 0 Å². The average Bonchev–Trinajstić information content (AvgIpc) is 2.63. The standard InChI is InChI=1S/C21H27N3O2/c1-15(2)17-5-4-6-18(13-17)21(3,9-10-22)24(20(25)26)19-14-23-11-7-16(19)8-12-23/h4-6,13,16,19H,1,7-9,11-12,14H2,2-3H3,(H,25,26). The van der Waals surface area contributed by atoms with Gasteiger partial charge in [-0.1, -0.05) is 30.4 Å². The monoisotopic (exact) mass is 353 g/mol. The molecule has 1 aromatic carbocycles. The van der Waals surface area contributed by atoms with Crippen molar-refractivity contribution in [2.75, 3.05) is 19.6 Å². The van der Waals surface area contributed by atoms with Crippen molar-refractivity contribution in [2.45, 2.75) is 44.7 Å². The minimum absolute atomic E-state index is 0.0677. The Morgan fingerprint density at radius 1 is 1.46 bits per heavy atom. The van der Waals surface area contributed by atoms with Gasteiger partial charge in [0, 0.05) is 6.54 Å². The number of piperidine rings is 3. The third-order valence-corrected chi connectivity index (χ3v) is 6.09. The second-order valence-corrected chi connectivity index (χ2v) is 7.83. The van der Waals surface area contributed by atoms with Gasteiger partial charge in [-0.25, -0.2) is 4.79 Å². The highest BCUT2D eigenvalue weighted by atomic mass is 16.4. The van der Waals surface area contributed by atoms with Crippen LogP contribution >= 0.6 is 0 Å². The minimum Gasteiger partial charge on any atom is -0.465 e. The van der Waals surface area contributed by atoms with Crippen molar-refractivity contribution in [3.8, 4) is 6.07 Å². The summed E-state index contributed by atoms with van der Waals surface area (Å²) >= 11 is 0. The fourth-order valence-electron chi connectivity index (χ4n) is 4.55. The molecule has 3 heterocycles. The summed E-state index contributed by atoms with van der Waals surface area (Å²) in [6.45, 7) is 10.7. The SMILES string of the molecule is C=C(C)c1cccc(C(C)(CC#N)N(C(=O)O)C2CN3CCC2CC3)c1. The van der Waals surface area contributed by atoms with Crippen molar-refractivity contribution in [3.05, 3.63) is 42.0 Å². The van der Waals surface area contributed by atoms with E-state index in [1.54, 1.807) is 4.90 Å². The van der Waals surface area contributed by atoms with E-state index in [1.165, 1.54) is 0 Å². The fraction of sp³-hybridized carbons (Fsp3) is 0.524. The first-order valence-electron chi connectivity index (χ1n) is 9.25. The molecule has 0 radical (unpaired) electrons. The predicted molar refractivity (Wildman–Crippen MR) is 102 cm³/mol. The van der Waals surface area contributed by atoms with Crippen molar-refractivity contribution in [2.24, 2.45) is 5.92 Å². The van der Waals surface area contributed by atoms with Gasteiger partial charge in [0.15, 0.2) is 0 Å². The molecule has 0 saturated carbocycles. The van der Waals surface area contributed by atoms with Crippen molar-refractivity contribution >= 4 is 11.7 Å². The lowest BCUT2D eigenvalue weighted by atomic mass is 9.78. The van der Waals surface area contributed by atoms with E-state index in [-0.39, 0.29) is 12.5 Å². The van der Waals surface area contributed by atoms with E-state index >= 15 is 0 Å². The Labute approximate surface area is 155 Å². The molecule has 5 nitrogen and oxygen atoms in total. The maximum absolute atomic E-state index is 12.4. The highest BCUT2D eigenvalue weighted by molar-refractivity contribution is 5.68. The number of amides is 1. The molecule has 0 aromatic heterocycles. The molecule has 1 N–H and O–H groups in total. The highest BCUT2D eigenvalue weighted by Crippen LogP contribution is 2.40. The molecule has 26 heavy (non-hydrogen) atoms. The van der Waals surface area contributed by atoms with Crippen LogP contribution in [0.15, 0.2) is 30.8 Å². The van der Waals surface area contributed by atoms with Crippen LogP contribution < -0.4 is 0 Å². The average molecular weight is 353 g/mol. The number of benzene rings is 1. The molecule has 5 heteroatoms. The molecule has 2 unspecified atom stereocenters. The predicted octanol–water partition coefficient (Wildman–Crippen LogP) is 3.92. The Bertz CT molecular complexity index is 746. The molecule has 1 amide bonds. The lowest BCUT2D eigenvalue weighted by molar-refractivity contribution is -0.0330. The molecule has 3 aliphatic rings. The third-order valence-electron chi connectivity index (χ3n) is 6.09. The van der Waals surface area contributed by atoms with E-state index < -0.39 is 11.6 Å². The van der Waals surface area contributed by atoms with Gasteiger partial charge in [0.05, 0.1) is 24.1 Å².